The molecule has 2 aromatic carbocycles. The topological polar surface area (TPSA) is 144 Å². The van der Waals surface area contributed by atoms with Crippen LogP contribution in [0.1, 0.15) is 27.7 Å². The number of carboxylic acids is 1. The van der Waals surface area contributed by atoms with Gasteiger partial charge in [0.2, 0.25) is 11.7 Å². The van der Waals surface area contributed by atoms with E-state index in [1.165, 1.54) is 0 Å². The maximum Gasteiger partial charge on any atom is 0.358 e. The van der Waals surface area contributed by atoms with E-state index in [2.05, 4.69) is 20.6 Å². The van der Waals surface area contributed by atoms with Crippen LogP contribution in [0, 0.1) is 0 Å². The average Bonchev–Trinajstić information content (AvgIpc) is 3.34. The first kappa shape index (κ1) is 24.6. The molecule has 9 nitrogen and oxygen atoms in total. The van der Waals surface area contributed by atoms with Crippen LogP contribution in [0.3, 0.4) is 0 Å². The summed E-state index contributed by atoms with van der Waals surface area (Å²) < 4.78 is 0. The highest BCUT2D eigenvalue weighted by Gasteiger charge is 2.23. The second-order valence-electron chi connectivity index (χ2n) is 7.63. The first-order valence-corrected chi connectivity index (χ1v) is 11.8. The monoisotopic (exact) mass is 502 g/mol. The van der Waals surface area contributed by atoms with E-state index in [1.54, 1.807) is 11.4 Å². The number of thiophene rings is 1. The zero-order chi connectivity index (χ0) is 25.5. The third-order valence-electron chi connectivity index (χ3n) is 5.18. The van der Waals surface area contributed by atoms with Crippen LogP contribution in [0.25, 0.3) is 16.8 Å². The molecule has 0 fully saturated rings. The van der Waals surface area contributed by atoms with Gasteiger partial charge in [0.15, 0.2) is 11.5 Å². The van der Waals surface area contributed by atoms with E-state index in [0.717, 1.165) is 22.5 Å². The molecule has 4 aromatic rings. The highest BCUT2D eigenvalue weighted by molar-refractivity contribution is 7.14. The smallest absolute Gasteiger partial charge is 0.358 e. The van der Waals surface area contributed by atoms with Crippen LogP contribution in [0.2, 0.25) is 0 Å². The van der Waals surface area contributed by atoms with E-state index in [4.69, 9.17) is 0 Å². The molecule has 2 aromatic heterocycles. The lowest BCUT2D eigenvalue weighted by atomic mass is 10.1. The van der Waals surface area contributed by atoms with E-state index in [1.807, 2.05) is 72.8 Å². The lowest BCUT2D eigenvalue weighted by molar-refractivity contribution is -0.118. The van der Waals surface area contributed by atoms with E-state index >= 15 is 0 Å². The van der Waals surface area contributed by atoms with Crippen molar-refractivity contribution < 1.29 is 19.8 Å². The summed E-state index contributed by atoms with van der Waals surface area (Å²) in [6.07, 6.45) is 3.88. The van der Waals surface area contributed by atoms with Crippen molar-refractivity contribution in [2.75, 3.05) is 11.9 Å². The van der Waals surface area contributed by atoms with E-state index in [-0.39, 0.29) is 11.7 Å². The number of anilines is 1. The first-order chi connectivity index (χ1) is 17.4. The highest BCUT2D eigenvalue weighted by Crippen LogP contribution is 2.32. The van der Waals surface area contributed by atoms with Gasteiger partial charge in [-0.05, 0) is 22.6 Å². The fourth-order valence-electron chi connectivity index (χ4n) is 3.47. The van der Waals surface area contributed by atoms with Crippen LogP contribution in [-0.4, -0.2) is 38.6 Å². The van der Waals surface area contributed by atoms with Gasteiger partial charge in [0, 0.05) is 6.54 Å². The fraction of sp³-hybridized carbons (Fsp3) is 0.0769. The van der Waals surface area contributed by atoms with Crippen molar-refractivity contribution >= 4 is 35.0 Å². The molecule has 0 aliphatic heterocycles. The molecule has 0 aliphatic carbocycles. The third kappa shape index (κ3) is 5.74. The Kier molecular flexibility index (Phi) is 7.69. The number of hydrogen-bond donors (Lipinski definition) is 5. The Hall–Kier alpha value is -4.54. The van der Waals surface area contributed by atoms with Gasteiger partial charge in [-0.15, -0.1) is 11.3 Å². The van der Waals surface area contributed by atoms with Crippen LogP contribution < -0.4 is 16.2 Å². The summed E-state index contributed by atoms with van der Waals surface area (Å²) in [6, 6.07) is 19.9. The molecular weight excluding hydrogens is 480 g/mol. The number of nitrogens with zero attached hydrogens (tertiary/aromatic N) is 1. The fourth-order valence-corrected chi connectivity index (χ4v) is 4.27. The summed E-state index contributed by atoms with van der Waals surface area (Å²) >= 11 is 1.15. The highest BCUT2D eigenvalue weighted by atomic mass is 32.1. The Bertz CT molecular complexity index is 1450. The van der Waals surface area contributed by atoms with Gasteiger partial charge in [0.25, 0.3) is 5.56 Å². The molecule has 10 heteroatoms. The predicted molar refractivity (Wildman–Crippen MR) is 138 cm³/mol. The minimum Gasteiger partial charge on any atom is -0.501 e. The number of carbonyl (C=O) groups excluding carboxylic acids is 1. The number of nitrogens with one attached hydrogen (secondary N) is 3. The van der Waals surface area contributed by atoms with Crippen LogP contribution in [0.4, 0.5) is 5.69 Å². The van der Waals surface area contributed by atoms with Crippen LogP contribution in [-0.2, 0) is 4.79 Å². The molecule has 0 radical (unpaired) electrons. The molecule has 2 heterocycles. The summed E-state index contributed by atoms with van der Waals surface area (Å²) in [5, 5.41) is 26.7. The van der Waals surface area contributed by atoms with Gasteiger partial charge in [-0.25, -0.2) is 9.78 Å². The molecule has 1 unspecified atom stereocenters. The van der Waals surface area contributed by atoms with Gasteiger partial charge in [0.05, 0.1) is 10.6 Å². The van der Waals surface area contributed by atoms with E-state index in [9.17, 15) is 24.6 Å². The van der Waals surface area contributed by atoms with Gasteiger partial charge in [-0.1, -0.05) is 72.8 Å². The predicted octanol–water partition coefficient (Wildman–Crippen LogP) is 3.89. The van der Waals surface area contributed by atoms with Gasteiger partial charge in [-0.3, -0.25) is 14.9 Å². The van der Waals surface area contributed by atoms with Gasteiger partial charge >= 0.3 is 5.97 Å². The zero-order valence-electron chi connectivity index (χ0n) is 18.8. The van der Waals surface area contributed by atoms with Gasteiger partial charge < -0.3 is 20.5 Å². The second kappa shape index (κ2) is 11.3. The zero-order valence-corrected chi connectivity index (χ0v) is 19.7. The number of aromatic carboxylic acids is 1. The number of aromatic nitrogens is 2. The minimum atomic E-state index is -1.54. The Morgan fingerprint density at radius 1 is 1.06 bits per heavy atom. The number of amides is 1. The average molecular weight is 503 g/mol. The number of aromatic amines is 1. The Morgan fingerprint density at radius 3 is 2.44 bits per heavy atom. The number of rotatable bonds is 9. The molecule has 0 bridgehead atoms. The summed E-state index contributed by atoms with van der Waals surface area (Å²) in [4.78, 5) is 43.3. The van der Waals surface area contributed by atoms with Crippen LogP contribution in [0.5, 0.6) is 5.75 Å². The van der Waals surface area contributed by atoms with Crippen molar-refractivity contribution in [2.24, 2.45) is 0 Å². The number of aromatic hydroxyl groups is 1. The number of H-pyrrole nitrogens is 1. The van der Waals surface area contributed by atoms with Crippen molar-refractivity contribution in [3.8, 4) is 16.5 Å². The molecule has 1 amide bonds. The Labute approximate surface area is 209 Å². The number of benzene rings is 2. The lowest BCUT2D eigenvalue weighted by Crippen LogP contribution is -2.33. The largest absolute Gasteiger partial charge is 0.501 e. The van der Waals surface area contributed by atoms with Crippen molar-refractivity contribution in [1.29, 1.82) is 0 Å². The number of carboxylic acid groups (broad SMARTS) is 1. The second-order valence-corrected chi connectivity index (χ2v) is 8.55. The minimum absolute atomic E-state index is 0.0736. The maximum atomic E-state index is 13.3. The Balaban J connectivity index is 1.56. The standard InChI is InChI=1S/C26H22N4O5S/c31-21-20(26(34)35)29-23(30-25(21)33)22-18(13-15-36-22)28-24(32)19(17-11-5-2-6-12-17)27-14-7-10-16-8-3-1-4-9-16/h1-13,15,19,27,31H,14H2,(H,28,32)(H,34,35)(H,29,30,33)/b10-7+. The van der Waals surface area contributed by atoms with Crippen molar-refractivity contribution in [2.45, 2.75) is 6.04 Å². The molecule has 0 aliphatic rings. The van der Waals surface area contributed by atoms with Gasteiger partial charge in [0.1, 0.15) is 6.04 Å². The molecule has 0 spiro atoms. The van der Waals surface area contributed by atoms with Gasteiger partial charge in [-0.2, -0.15) is 0 Å². The van der Waals surface area contributed by atoms with Crippen molar-refractivity contribution in [1.82, 2.24) is 15.3 Å². The molecule has 36 heavy (non-hydrogen) atoms. The Morgan fingerprint density at radius 2 is 1.75 bits per heavy atom. The van der Waals surface area contributed by atoms with Crippen LogP contribution in [0.15, 0.2) is 83.0 Å². The quantitative estimate of drug-likeness (QED) is 0.234. The van der Waals surface area contributed by atoms with Crippen molar-refractivity contribution in [3.05, 3.63) is 105 Å². The molecule has 5 N–H and O–H groups in total. The maximum absolute atomic E-state index is 13.3. The molecular formula is C26H22N4O5S. The summed E-state index contributed by atoms with van der Waals surface area (Å²) in [5.41, 5.74) is 0.381. The number of carbonyl (C=O) groups is 2. The first-order valence-electron chi connectivity index (χ1n) is 10.9. The molecule has 0 saturated carbocycles. The third-order valence-corrected chi connectivity index (χ3v) is 6.10. The summed E-state index contributed by atoms with van der Waals surface area (Å²) in [7, 11) is 0. The molecule has 182 valence electrons. The molecule has 0 saturated heterocycles. The van der Waals surface area contributed by atoms with E-state index < -0.39 is 29.0 Å². The normalized spacial score (nSPS) is 11.9. The summed E-state index contributed by atoms with van der Waals surface area (Å²) in [5.74, 6) is -2.95. The SMILES string of the molecule is O=C(O)c1nc(-c2sccc2NC(=O)C(NC/C=C/c2ccccc2)c2ccccc2)[nH]c(=O)c1O. The lowest BCUT2D eigenvalue weighted by Gasteiger charge is -2.18. The van der Waals surface area contributed by atoms with Crippen LogP contribution >= 0.6 is 11.3 Å². The summed E-state index contributed by atoms with van der Waals surface area (Å²) in [6.45, 7) is 0.424. The van der Waals surface area contributed by atoms with E-state index in [0.29, 0.717) is 17.1 Å². The number of hydrogen-bond acceptors (Lipinski definition) is 7. The molecule has 1 atom stereocenters. The molecule has 4 rings (SSSR count). The van der Waals surface area contributed by atoms with Crippen molar-refractivity contribution in [3.63, 3.8) is 0 Å².